The van der Waals surface area contributed by atoms with Gasteiger partial charge >= 0.3 is 0 Å². The SMILES string of the molecule is Cc1n[nH]c(C)c1CNc1cc(F)c(F)cc1F. The molecule has 0 amide bonds. The van der Waals surface area contributed by atoms with Crippen molar-refractivity contribution in [1.29, 1.82) is 0 Å². The Kier molecular flexibility index (Phi) is 3.27. The molecule has 1 aromatic carbocycles. The second kappa shape index (κ2) is 4.72. The number of rotatable bonds is 3. The molecule has 96 valence electrons. The monoisotopic (exact) mass is 255 g/mol. The summed E-state index contributed by atoms with van der Waals surface area (Å²) in [5.74, 6) is -3.11. The normalized spacial score (nSPS) is 10.7. The van der Waals surface area contributed by atoms with Crippen molar-refractivity contribution in [3.63, 3.8) is 0 Å². The molecule has 0 aliphatic heterocycles. The first-order chi connectivity index (χ1) is 8.49. The Hall–Kier alpha value is -1.98. The number of benzene rings is 1. The van der Waals surface area contributed by atoms with Crippen LogP contribution < -0.4 is 5.32 Å². The highest BCUT2D eigenvalue weighted by Gasteiger charge is 2.11. The molecule has 0 fully saturated rings. The summed E-state index contributed by atoms with van der Waals surface area (Å²) in [6, 6.07) is 1.32. The fraction of sp³-hybridized carbons (Fsp3) is 0.250. The molecule has 0 atom stereocenters. The van der Waals surface area contributed by atoms with Crippen molar-refractivity contribution in [3.05, 3.63) is 46.5 Å². The smallest absolute Gasteiger partial charge is 0.161 e. The highest BCUT2D eigenvalue weighted by Crippen LogP contribution is 2.20. The third-order valence-electron chi connectivity index (χ3n) is 2.75. The summed E-state index contributed by atoms with van der Waals surface area (Å²) in [6.07, 6.45) is 0. The van der Waals surface area contributed by atoms with Gasteiger partial charge in [0.25, 0.3) is 0 Å². The van der Waals surface area contributed by atoms with Gasteiger partial charge in [-0.2, -0.15) is 5.10 Å². The van der Waals surface area contributed by atoms with Crippen molar-refractivity contribution in [2.24, 2.45) is 0 Å². The average molecular weight is 255 g/mol. The number of H-pyrrole nitrogens is 1. The van der Waals surface area contributed by atoms with E-state index in [0.29, 0.717) is 6.07 Å². The van der Waals surface area contributed by atoms with E-state index in [4.69, 9.17) is 0 Å². The first-order valence-electron chi connectivity index (χ1n) is 5.38. The van der Waals surface area contributed by atoms with E-state index in [2.05, 4.69) is 15.5 Å². The summed E-state index contributed by atoms with van der Waals surface area (Å²) in [6.45, 7) is 3.93. The predicted octanol–water partition coefficient (Wildman–Crippen LogP) is 3.06. The van der Waals surface area contributed by atoms with Crippen LogP contribution in [0.3, 0.4) is 0 Å². The van der Waals surface area contributed by atoms with Gasteiger partial charge in [-0.1, -0.05) is 0 Å². The van der Waals surface area contributed by atoms with E-state index in [1.165, 1.54) is 0 Å². The van der Waals surface area contributed by atoms with E-state index in [1.54, 1.807) is 0 Å². The molecule has 0 radical (unpaired) electrons. The second-order valence-corrected chi connectivity index (χ2v) is 4.01. The Labute approximate surface area is 102 Å². The molecule has 2 aromatic rings. The van der Waals surface area contributed by atoms with Crippen LogP contribution in [0.4, 0.5) is 18.9 Å². The molecule has 1 heterocycles. The van der Waals surface area contributed by atoms with Crippen molar-refractivity contribution in [2.45, 2.75) is 20.4 Å². The summed E-state index contributed by atoms with van der Waals surface area (Å²) in [4.78, 5) is 0. The third kappa shape index (κ3) is 2.32. The number of anilines is 1. The van der Waals surface area contributed by atoms with Gasteiger partial charge < -0.3 is 5.32 Å². The minimum atomic E-state index is -1.20. The summed E-state index contributed by atoms with van der Waals surface area (Å²) in [5.41, 5.74) is 2.43. The summed E-state index contributed by atoms with van der Waals surface area (Å²) >= 11 is 0. The van der Waals surface area contributed by atoms with Crippen LogP contribution in [0.15, 0.2) is 12.1 Å². The Morgan fingerprint density at radius 3 is 2.39 bits per heavy atom. The van der Waals surface area contributed by atoms with Crippen LogP contribution in [0.5, 0.6) is 0 Å². The van der Waals surface area contributed by atoms with Crippen molar-refractivity contribution in [3.8, 4) is 0 Å². The Balaban J connectivity index is 2.18. The number of hydrogen-bond acceptors (Lipinski definition) is 2. The Morgan fingerprint density at radius 2 is 1.78 bits per heavy atom. The van der Waals surface area contributed by atoms with E-state index in [1.807, 2.05) is 13.8 Å². The molecule has 0 saturated heterocycles. The van der Waals surface area contributed by atoms with Crippen molar-refractivity contribution in [1.82, 2.24) is 10.2 Å². The molecule has 1 aromatic heterocycles. The van der Waals surface area contributed by atoms with Crippen LogP contribution in [-0.2, 0) is 6.54 Å². The van der Waals surface area contributed by atoms with Gasteiger partial charge in [-0.15, -0.1) is 0 Å². The second-order valence-electron chi connectivity index (χ2n) is 4.01. The van der Waals surface area contributed by atoms with Crippen LogP contribution in [-0.4, -0.2) is 10.2 Å². The fourth-order valence-electron chi connectivity index (χ4n) is 1.68. The number of aromatic nitrogens is 2. The van der Waals surface area contributed by atoms with E-state index >= 15 is 0 Å². The van der Waals surface area contributed by atoms with Crippen LogP contribution in [0.2, 0.25) is 0 Å². The van der Waals surface area contributed by atoms with Crippen molar-refractivity contribution in [2.75, 3.05) is 5.32 Å². The van der Waals surface area contributed by atoms with Gasteiger partial charge in [0, 0.05) is 29.9 Å². The molecular formula is C12H12F3N3. The van der Waals surface area contributed by atoms with E-state index in [9.17, 15) is 13.2 Å². The lowest BCUT2D eigenvalue weighted by molar-refractivity contribution is 0.496. The van der Waals surface area contributed by atoms with Crippen LogP contribution in [0, 0.1) is 31.3 Å². The highest BCUT2D eigenvalue weighted by atomic mass is 19.2. The van der Waals surface area contributed by atoms with Gasteiger partial charge in [-0.3, -0.25) is 5.10 Å². The van der Waals surface area contributed by atoms with Crippen molar-refractivity contribution < 1.29 is 13.2 Å². The zero-order chi connectivity index (χ0) is 13.3. The number of nitrogens with one attached hydrogen (secondary N) is 2. The van der Waals surface area contributed by atoms with Crippen LogP contribution in [0.25, 0.3) is 0 Å². The molecule has 18 heavy (non-hydrogen) atoms. The lowest BCUT2D eigenvalue weighted by atomic mass is 10.2. The van der Waals surface area contributed by atoms with Gasteiger partial charge in [0.05, 0.1) is 11.4 Å². The van der Waals surface area contributed by atoms with Crippen molar-refractivity contribution >= 4 is 5.69 Å². The van der Waals surface area contributed by atoms with Gasteiger partial charge in [-0.25, -0.2) is 13.2 Å². The minimum Gasteiger partial charge on any atom is -0.378 e. The molecular weight excluding hydrogens is 243 g/mol. The maximum Gasteiger partial charge on any atom is 0.161 e. The van der Waals surface area contributed by atoms with Gasteiger partial charge in [0.2, 0.25) is 0 Å². The summed E-state index contributed by atoms with van der Waals surface area (Å²) in [7, 11) is 0. The number of hydrogen-bond donors (Lipinski definition) is 2. The van der Waals surface area contributed by atoms with Gasteiger partial charge in [0.1, 0.15) is 5.82 Å². The lowest BCUT2D eigenvalue weighted by Gasteiger charge is -2.08. The molecule has 0 aliphatic rings. The molecule has 0 spiro atoms. The predicted molar refractivity (Wildman–Crippen MR) is 61.7 cm³/mol. The molecule has 0 saturated carbocycles. The molecule has 0 aliphatic carbocycles. The molecule has 3 nitrogen and oxygen atoms in total. The zero-order valence-electron chi connectivity index (χ0n) is 9.94. The number of nitrogens with zero attached hydrogens (tertiary/aromatic N) is 1. The maximum absolute atomic E-state index is 13.4. The number of aryl methyl sites for hydroxylation is 2. The highest BCUT2D eigenvalue weighted by molar-refractivity contribution is 5.46. The quantitative estimate of drug-likeness (QED) is 0.827. The van der Waals surface area contributed by atoms with Crippen LogP contribution >= 0.6 is 0 Å². The molecule has 6 heteroatoms. The fourth-order valence-corrected chi connectivity index (χ4v) is 1.68. The van der Waals surface area contributed by atoms with E-state index in [-0.39, 0.29) is 12.2 Å². The van der Waals surface area contributed by atoms with E-state index < -0.39 is 17.5 Å². The standard InChI is InChI=1S/C12H12F3N3/c1-6-8(7(2)18-17-6)5-16-12-4-10(14)9(13)3-11(12)15/h3-4,16H,5H2,1-2H3,(H,17,18). The summed E-state index contributed by atoms with van der Waals surface area (Å²) < 4.78 is 39.1. The zero-order valence-corrected chi connectivity index (χ0v) is 9.94. The molecule has 2 N–H and O–H groups in total. The minimum absolute atomic E-state index is 0.0751. The van der Waals surface area contributed by atoms with E-state index in [0.717, 1.165) is 23.0 Å². The maximum atomic E-state index is 13.4. The Morgan fingerprint density at radius 1 is 1.11 bits per heavy atom. The largest absolute Gasteiger partial charge is 0.378 e. The lowest BCUT2D eigenvalue weighted by Crippen LogP contribution is -2.04. The van der Waals surface area contributed by atoms with Crippen LogP contribution in [0.1, 0.15) is 17.0 Å². The first kappa shape index (κ1) is 12.5. The third-order valence-corrected chi connectivity index (χ3v) is 2.75. The molecule has 0 bridgehead atoms. The average Bonchev–Trinajstić information content (AvgIpc) is 2.62. The van der Waals surface area contributed by atoms with Gasteiger partial charge in [-0.05, 0) is 13.8 Å². The number of aromatic amines is 1. The summed E-state index contributed by atoms with van der Waals surface area (Å²) in [5, 5.41) is 9.50. The topological polar surface area (TPSA) is 40.7 Å². The van der Waals surface area contributed by atoms with Gasteiger partial charge in [0.15, 0.2) is 11.6 Å². The Bertz CT molecular complexity index is 559. The first-order valence-corrected chi connectivity index (χ1v) is 5.38. The number of halogens is 3. The molecule has 2 rings (SSSR count). The molecule has 0 unspecified atom stereocenters.